The quantitative estimate of drug-likeness (QED) is 0.371. The van der Waals surface area contributed by atoms with Gasteiger partial charge in [0.1, 0.15) is 6.04 Å². The maximum Gasteiger partial charge on any atom is 0.323 e. The van der Waals surface area contributed by atoms with Gasteiger partial charge in [-0.3, -0.25) is 19.8 Å². The first-order chi connectivity index (χ1) is 5.93. The van der Waals surface area contributed by atoms with Crippen LogP contribution in [0.25, 0.3) is 0 Å². The molecule has 0 aliphatic heterocycles. The van der Waals surface area contributed by atoms with Gasteiger partial charge in [0.15, 0.2) is 0 Å². The summed E-state index contributed by atoms with van der Waals surface area (Å²) in [5.74, 6) is -2.46. The molecule has 0 saturated carbocycles. The molecule has 0 aromatic heterocycles. The van der Waals surface area contributed by atoms with Gasteiger partial charge in [-0.2, -0.15) is 0 Å². The minimum absolute atomic E-state index is 0.379. The van der Waals surface area contributed by atoms with Crippen LogP contribution in [0, 0.1) is 0 Å². The lowest BCUT2D eigenvalue weighted by atomic mass is 10.2. The molecule has 0 saturated heterocycles. The average Bonchev–Trinajstić information content (AvgIpc) is 1.96. The van der Waals surface area contributed by atoms with Crippen LogP contribution in [-0.4, -0.2) is 28.9 Å². The van der Waals surface area contributed by atoms with E-state index in [1.165, 1.54) is 6.92 Å². The molecule has 0 aliphatic carbocycles. The van der Waals surface area contributed by atoms with E-state index in [0.29, 0.717) is 0 Å². The van der Waals surface area contributed by atoms with Gasteiger partial charge in [0.25, 0.3) is 0 Å². The van der Waals surface area contributed by atoms with Crippen LogP contribution in [-0.2, 0) is 14.4 Å². The van der Waals surface area contributed by atoms with E-state index >= 15 is 0 Å². The summed E-state index contributed by atoms with van der Waals surface area (Å²) in [6.45, 7) is 1.20. The van der Waals surface area contributed by atoms with E-state index in [1.54, 1.807) is 0 Å². The molecule has 7 nitrogen and oxygen atoms in total. The second-order valence-electron chi connectivity index (χ2n) is 2.39. The lowest BCUT2D eigenvalue weighted by molar-refractivity contribution is -0.141. The van der Waals surface area contributed by atoms with Crippen LogP contribution >= 0.6 is 0 Å². The van der Waals surface area contributed by atoms with Gasteiger partial charge in [-0.05, 0) is 0 Å². The molecule has 0 spiro atoms. The van der Waals surface area contributed by atoms with Gasteiger partial charge in [-0.15, -0.1) is 0 Å². The van der Waals surface area contributed by atoms with Crippen LogP contribution in [0.4, 0.5) is 0 Å². The summed E-state index contributed by atoms with van der Waals surface area (Å²) in [5.41, 5.74) is 8.99. The summed E-state index contributed by atoms with van der Waals surface area (Å²) in [6.07, 6.45) is -0.379. The molecule has 0 aromatic carbocycles. The Kier molecular flexibility index (Phi) is 4.45. The third kappa shape index (κ3) is 5.62. The Morgan fingerprint density at radius 3 is 2.31 bits per heavy atom. The Hall–Kier alpha value is -1.63. The maximum absolute atomic E-state index is 10.4. The predicted octanol–water partition coefficient (Wildman–Crippen LogP) is -2.04. The molecule has 0 bridgehead atoms. The molecule has 2 amide bonds. The lowest BCUT2D eigenvalue weighted by Crippen LogP contribution is -2.49. The summed E-state index contributed by atoms with van der Waals surface area (Å²) in [5, 5.41) is 8.51. The van der Waals surface area contributed by atoms with Crippen molar-refractivity contribution < 1.29 is 19.5 Å². The molecule has 0 fully saturated rings. The Bertz CT molecular complexity index is 228. The fourth-order valence-corrected chi connectivity index (χ4v) is 0.590. The van der Waals surface area contributed by atoms with Gasteiger partial charge in [-0.1, -0.05) is 0 Å². The van der Waals surface area contributed by atoms with Crippen LogP contribution in [0.2, 0.25) is 0 Å². The smallest absolute Gasteiger partial charge is 0.323 e. The molecule has 5 N–H and O–H groups in total. The number of hydrogen-bond acceptors (Lipinski definition) is 4. The van der Waals surface area contributed by atoms with Crippen LogP contribution in [0.15, 0.2) is 0 Å². The molecule has 0 heterocycles. The SMILES string of the molecule is CC(=O)NN[C@@H](CC(N)=O)C(=O)O. The van der Waals surface area contributed by atoms with Crippen molar-refractivity contribution in [3.63, 3.8) is 0 Å². The van der Waals surface area contributed by atoms with E-state index in [9.17, 15) is 14.4 Å². The van der Waals surface area contributed by atoms with Crippen molar-refractivity contribution in [2.24, 2.45) is 5.73 Å². The summed E-state index contributed by atoms with van der Waals surface area (Å²) < 4.78 is 0. The number of carbonyl (C=O) groups is 3. The summed E-state index contributed by atoms with van der Waals surface area (Å²) in [7, 11) is 0. The average molecular weight is 189 g/mol. The molecule has 0 aliphatic rings. The van der Waals surface area contributed by atoms with E-state index in [0.717, 1.165) is 0 Å². The van der Waals surface area contributed by atoms with Crippen molar-refractivity contribution in [2.75, 3.05) is 0 Å². The summed E-state index contributed by atoms with van der Waals surface area (Å²) in [4.78, 5) is 31.2. The number of hydrogen-bond donors (Lipinski definition) is 4. The van der Waals surface area contributed by atoms with Gasteiger partial charge in [0.2, 0.25) is 11.8 Å². The predicted molar refractivity (Wildman–Crippen MR) is 42.2 cm³/mol. The number of aliphatic carboxylic acids is 1. The Labute approximate surface area is 74.3 Å². The Morgan fingerprint density at radius 2 is 2.00 bits per heavy atom. The van der Waals surface area contributed by atoms with Crippen molar-refractivity contribution in [2.45, 2.75) is 19.4 Å². The van der Waals surface area contributed by atoms with E-state index in [4.69, 9.17) is 10.8 Å². The maximum atomic E-state index is 10.4. The van der Waals surface area contributed by atoms with Crippen molar-refractivity contribution in [1.29, 1.82) is 0 Å². The molecule has 0 rings (SSSR count). The highest BCUT2D eigenvalue weighted by molar-refractivity contribution is 5.83. The molecular weight excluding hydrogens is 178 g/mol. The van der Waals surface area contributed by atoms with Crippen molar-refractivity contribution in [1.82, 2.24) is 10.9 Å². The molecule has 13 heavy (non-hydrogen) atoms. The molecule has 74 valence electrons. The van der Waals surface area contributed by atoms with Gasteiger partial charge in [0.05, 0.1) is 6.42 Å². The van der Waals surface area contributed by atoms with Gasteiger partial charge in [0, 0.05) is 6.92 Å². The fraction of sp³-hybridized carbons (Fsp3) is 0.500. The molecular formula is C6H11N3O4. The number of carboxylic acids is 1. The van der Waals surface area contributed by atoms with Crippen molar-refractivity contribution in [3.8, 4) is 0 Å². The number of primary amides is 1. The number of carbonyl (C=O) groups excluding carboxylic acids is 2. The minimum atomic E-state index is -1.26. The molecule has 7 heteroatoms. The van der Waals surface area contributed by atoms with E-state index in [1.807, 2.05) is 0 Å². The van der Waals surface area contributed by atoms with Crippen LogP contribution < -0.4 is 16.6 Å². The van der Waals surface area contributed by atoms with E-state index in [2.05, 4.69) is 10.9 Å². The fourth-order valence-electron chi connectivity index (χ4n) is 0.590. The first-order valence-electron chi connectivity index (χ1n) is 3.46. The Balaban J connectivity index is 4.02. The zero-order valence-corrected chi connectivity index (χ0v) is 7.03. The molecule has 0 radical (unpaired) electrons. The number of carboxylic acid groups (broad SMARTS) is 1. The normalized spacial score (nSPS) is 11.8. The van der Waals surface area contributed by atoms with E-state index < -0.39 is 23.8 Å². The number of hydrazine groups is 1. The minimum Gasteiger partial charge on any atom is -0.480 e. The Morgan fingerprint density at radius 1 is 1.46 bits per heavy atom. The lowest BCUT2D eigenvalue weighted by Gasteiger charge is -2.11. The largest absolute Gasteiger partial charge is 0.480 e. The third-order valence-electron chi connectivity index (χ3n) is 1.13. The number of nitrogens with two attached hydrogens (primary N) is 1. The molecule has 0 aromatic rings. The second-order valence-corrected chi connectivity index (χ2v) is 2.39. The topological polar surface area (TPSA) is 122 Å². The number of amides is 2. The zero-order chi connectivity index (χ0) is 10.4. The van der Waals surface area contributed by atoms with Crippen LogP contribution in [0.1, 0.15) is 13.3 Å². The monoisotopic (exact) mass is 189 g/mol. The van der Waals surface area contributed by atoms with E-state index in [-0.39, 0.29) is 6.42 Å². The first-order valence-corrected chi connectivity index (χ1v) is 3.46. The van der Waals surface area contributed by atoms with Crippen LogP contribution in [0.5, 0.6) is 0 Å². The van der Waals surface area contributed by atoms with Crippen molar-refractivity contribution in [3.05, 3.63) is 0 Å². The highest BCUT2D eigenvalue weighted by Crippen LogP contribution is 1.89. The van der Waals surface area contributed by atoms with Gasteiger partial charge >= 0.3 is 5.97 Å². The summed E-state index contributed by atoms with van der Waals surface area (Å²) in [6, 6.07) is -1.19. The molecule has 1 atom stereocenters. The van der Waals surface area contributed by atoms with Crippen molar-refractivity contribution >= 4 is 17.8 Å². The molecule has 0 unspecified atom stereocenters. The van der Waals surface area contributed by atoms with Gasteiger partial charge in [-0.25, -0.2) is 5.43 Å². The van der Waals surface area contributed by atoms with Gasteiger partial charge < -0.3 is 10.8 Å². The summed E-state index contributed by atoms with van der Waals surface area (Å²) >= 11 is 0. The first kappa shape index (κ1) is 11.4. The standard InChI is InChI=1S/C6H11N3O4/c1-3(10)8-9-4(6(12)13)2-5(7)11/h4,9H,2H2,1H3,(H2,7,11)(H,8,10)(H,12,13)/t4-/m0/s1. The number of rotatable bonds is 5. The third-order valence-corrected chi connectivity index (χ3v) is 1.13. The number of nitrogens with one attached hydrogen (secondary N) is 2. The highest BCUT2D eigenvalue weighted by atomic mass is 16.4. The zero-order valence-electron chi connectivity index (χ0n) is 7.03. The van der Waals surface area contributed by atoms with Crippen LogP contribution in [0.3, 0.4) is 0 Å². The highest BCUT2D eigenvalue weighted by Gasteiger charge is 2.19. The second kappa shape index (κ2) is 5.09.